The van der Waals surface area contributed by atoms with E-state index in [4.69, 9.17) is 9.16 Å². The van der Waals surface area contributed by atoms with E-state index in [0.29, 0.717) is 12.8 Å². The Labute approximate surface area is 166 Å². The maximum absolute atomic E-state index is 12.8. The van der Waals surface area contributed by atoms with E-state index < -0.39 is 19.3 Å². The van der Waals surface area contributed by atoms with Gasteiger partial charge in [-0.3, -0.25) is 4.79 Å². The van der Waals surface area contributed by atoms with Crippen molar-refractivity contribution in [3.05, 3.63) is 46.1 Å². The van der Waals surface area contributed by atoms with Crippen molar-refractivity contribution in [1.29, 1.82) is 0 Å². The number of esters is 1. The zero-order valence-corrected chi connectivity index (χ0v) is 19.3. The van der Waals surface area contributed by atoms with E-state index in [-0.39, 0.29) is 11.0 Å². The van der Waals surface area contributed by atoms with E-state index in [9.17, 15) is 4.79 Å². The summed E-state index contributed by atoms with van der Waals surface area (Å²) in [7, 11) is -0.601. The molecular formula is C20H29IO3Si. The molecule has 0 aliphatic heterocycles. The highest BCUT2D eigenvalue weighted by molar-refractivity contribution is 14.1. The molecule has 1 fully saturated rings. The molecule has 0 spiro atoms. The molecule has 138 valence electrons. The van der Waals surface area contributed by atoms with Gasteiger partial charge in [0, 0.05) is 3.57 Å². The Kier molecular flexibility index (Phi) is 5.63. The molecule has 3 nitrogen and oxygen atoms in total. The van der Waals surface area contributed by atoms with Gasteiger partial charge in [0.15, 0.2) is 8.32 Å². The molecule has 5 heteroatoms. The lowest BCUT2D eigenvalue weighted by Gasteiger charge is -2.40. The molecule has 0 radical (unpaired) electrons. The van der Waals surface area contributed by atoms with Crippen molar-refractivity contribution in [2.75, 3.05) is 7.11 Å². The summed E-state index contributed by atoms with van der Waals surface area (Å²) < 4.78 is 13.1. The maximum Gasteiger partial charge on any atom is 0.315 e. The highest BCUT2D eigenvalue weighted by Gasteiger charge is 2.74. The van der Waals surface area contributed by atoms with Gasteiger partial charge >= 0.3 is 5.97 Å². The van der Waals surface area contributed by atoms with Gasteiger partial charge in [-0.2, -0.15) is 0 Å². The Hall–Kier alpha value is -0.663. The largest absolute Gasteiger partial charge is 0.468 e. The lowest BCUT2D eigenvalue weighted by Crippen LogP contribution is -2.47. The first kappa shape index (κ1) is 20.6. The molecule has 1 aromatic carbocycles. The predicted molar refractivity (Wildman–Crippen MR) is 113 cm³/mol. The van der Waals surface area contributed by atoms with Crippen molar-refractivity contribution >= 4 is 36.9 Å². The van der Waals surface area contributed by atoms with Gasteiger partial charge in [0.2, 0.25) is 0 Å². The number of carbonyl (C=O) groups is 1. The summed E-state index contributed by atoms with van der Waals surface area (Å²) in [5.41, 5.74) is -0.168. The van der Waals surface area contributed by atoms with Crippen LogP contribution in [-0.4, -0.2) is 27.0 Å². The Morgan fingerprint density at radius 1 is 1.36 bits per heavy atom. The van der Waals surface area contributed by atoms with Crippen LogP contribution >= 0.6 is 22.6 Å². The van der Waals surface area contributed by atoms with Gasteiger partial charge in [-0.1, -0.05) is 45.0 Å². The Balaban J connectivity index is 2.41. The predicted octanol–water partition coefficient (Wildman–Crippen LogP) is 5.34. The fourth-order valence-electron chi connectivity index (χ4n) is 3.15. The minimum absolute atomic E-state index is 0.0641. The van der Waals surface area contributed by atoms with E-state index in [1.807, 2.05) is 18.2 Å². The smallest absolute Gasteiger partial charge is 0.315 e. The molecule has 0 heterocycles. The molecule has 2 atom stereocenters. The molecule has 0 saturated heterocycles. The number of benzene rings is 1. The van der Waals surface area contributed by atoms with Crippen LogP contribution in [0.2, 0.25) is 18.1 Å². The van der Waals surface area contributed by atoms with Gasteiger partial charge in [-0.25, -0.2) is 0 Å². The monoisotopic (exact) mass is 472 g/mol. The first-order chi connectivity index (χ1) is 11.4. The number of hydrogen-bond donors (Lipinski definition) is 0. The molecule has 1 aliphatic carbocycles. The van der Waals surface area contributed by atoms with E-state index in [1.165, 1.54) is 7.11 Å². The molecule has 2 rings (SSSR count). The first-order valence-electron chi connectivity index (χ1n) is 8.60. The van der Waals surface area contributed by atoms with Crippen LogP contribution in [0.25, 0.3) is 0 Å². The summed E-state index contributed by atoms with van der Waals surface area (Å²) in [5, 5.41) is 0.0641. The number of methoxy groups -OCH3 is 1. The van der Waals surface area contributed by atoms with Crippen LogP contribution in [0.5, 0.6) is 0 Å². The molecule has 1 aliphatic rings. The van der Waals surface area contributed by atoms with Crippen LogP contribution in [-0.2, 0) is 20.4 Å². The van der Waals surface area contributed by atoms with E-state index >= 15 is 0 Å². The molecule has 0 amide bonds. The Bertz CT molecular complexity index is 680. The van der Waals surface area contributed by atoms with Crippen molar-refractivity contribution in [1.82, 2.24) is 0 Å². The highest BCUT2D eigenvalue weighted by Crippen LogP contribution is 2.64. The second-order valence-electron chi connectivity index (χ2n) is 8.47. The van der Waals surface area contributed by atoms with Crippen LogP contribution in [0.4, 0.5) is 0 Å². The fraction of sp³-hybridized carbons (Fsp3) is 0.550. The van der Waals surface area contributed by atoms with E-state index in [1.54, 1.807) is 0 Å². The molecular weight excluding hydrogens is 443 g/mol. The minimum atomic E-state index is -2.06. The number of halogens is 1. The topological polar surface area (TPSA) is 35.5 Å². The van der Waals surface area contributed by atoms with Gasteiger partial charge < -0.3 is 9.16 Å². The molecule has 0 bridgehead atoms. The van der Waals surface area contributed by atoms with Gasteiger partial charge in [0.25, 0.3) is 0 Å². The van der Waals surface area contributed by atoms with Gasteiger partial charge in [-0.05, 0) is 65.2 Å². The van der Waals surface area contributed by atoms with Crippen molar-refractivity contribution < 1.29 is 14.0 Å². The van der Waals surface area contributed by atoms with Crippen molar-refractivity contribution in [2.24, 2.45) is 5.41 Å². The molecule has 1 saturated carbocycles. The summed E-state index contributed by atoms with van der Waals surface area (Å²) in [6.07, 6.45) is 3.08. The molecule has 0 unspecified atom stereocenters. The lowest BCUT2D eigenvalue weighted by molar-refractivity contribution is -0.149. The van der Waals surface area contributed by atoms with Gasteiger partial charge in [-0.15, -0.1) is 6.58 Å². The van der Waals surface area contributed by atoms with Crippen LogP contribution in [0.3, 0.4) is 0 Å². The maximum atomic E-state index is 12.8. The first-order valence-corrected chi connectivity index (χ1v) is 12.6. The average Bonchev–Trinajstić information content (AvgIpc) is 3.15. The summed E-state index contributed by atoms with van der Waals surface area (Å²) in [6.45, 7) is 15.1. The standard InChI is InChI=1S/C20H29IO3Si/c1-8-20(24-25(6,7)18(2,3)4)14-19(20,17(22)23-5)13-15-11-9-10-12-16(15)21/h8-12H,1,13-14H2,2-7H3/t19-,20+/m0/s1. The number of hydrogen-bond acceptors (Lipinski definition) is 3. The summed E-state index contributed by atoms with van der Waals surface area (Å²) >= 11 is 2.32. The lowest BCUT2D eigenvalue weighted by atomic mass is 9.92. The fourth-order valence-corrected chi connectivity index (χ4v) is 5.29. The summed E-state index contributed by atoms with van der Waals surface area (Å²) in [6, 6.07) is 8.16. The number of rotatable bonds is 6. The SMILES string of the molecule is C=C[C@@]1(O[Si](C)(C)C(C)(C)C)C[C@@]1(Cc1ccccc1I)C(=O)OC. The molecule has 0 N–H and O–H groups in total. The minimum Gasteiger partial charge on any atom is -0.468 e. The van der Waals surface area contributed by atoms with Gasteiger partial charge in [0.05, 0.1) is 12.7 Å². The van der Waals surface area contributed by atoms with Crippen molar-refractivity contribution in [3.63, 3.8) is 0 Å². The molecule has 1 aromatic rings. The van der Waals surface area contributed by atoms with Gasteiger partial charge in [0.1, 0.15) is 5.41 Å². The molecule has 25 heavy (non-hydrogen) atoms. The zero-order valence-electron chi connectivity index (χ0n) is 16.1. The van der Waals surface area contributed by atoms with E-state index in [0.717, 1.165) is 9.13 Å². The van der Waals surface area contributed by atoms with Crippen LogP contribution in [0, 0.1) is 8.99 Å². The zero-order chi connectivity index (χ0) is 19.1. The van der Waals surface area contributed by atoms with Crippen molar-refractivity contribution in [2.45, 2.75) is 57.3 Å². The summed E-state index contributed by atoms with van der Waals surface area (Å²) in [5.74, 6) is -0.203. The van der Waals surface area contributed by atoms with E-state index in [2.05, 4.69) is 75.2 Å². The second kappa shape index (κ2) is 6.81. The molecule has 0 aromatic heterocycles. The van der Waals surface area contributed by atoms with Crippen LogP contribution < -0.4 is 0 Å². The Morgan fingerprint density at radius 2 is 1.96 bits per heavy atom. The quantitative estimate of drug-likeness (QED) is 0.243. The third-order valence-corrected chi connectivity index (χ3v) is 11.4. The highest BCUT2D eigenvalue weighted by atomic mass is 127. The Morgan fingerprint density at radius 3 is 2.44 bits per heavy atom. The third-order valence-electron chi connectivity index (χ3n) is 5.85. The number of ether oxygens (including phenoxy) is 1. The normalized spacial score (nSPS) is 26.2. The van der Waals surface area contributed by atoms with Crippen LogP contribution in [0.1, 0.15) is 32.8 Å². The summed E-state index contributed by atoms with van der Waals surface area (Å²) in [4.78, 5) is 12.8. The average molecular weight is 472 g/mol. The third kappa shape index (κ3) is 3.60. The van der Waals surface area contributed by atoms with Crippen LogP contribution in [0.15, 0.2) is 36.9 Å². The second-order valence-corrected chi connectivity index (χ2v) is 14.4. The van der Waals surface area contributed by atoms with Crippen molar-refractivity contribution in [3.8, 4) is 0 Å². The number of carbonyl (C=O) groups excluding carboxylic acids is 1.